The Kier molecular flexibility index (Phi) is 6.25. The van der Waals surface area contributed by atoms with Gasteiger partial charge in [0.15, 0.2) is 0 Å². The first-order chi connectivity index (χ1) is 26.2. The third kappa shape index (κ3) is 4.33. The highest BCUT2D eigenvalue weighted by Crippen LogP contribution is 2.39. The Labute approximate surface area is 304 Å². The fraction of sp³-hybridized carbons (Fsp3) is 0. The number of fused-ring (bicyclic) bond motifs is 9. The molecule has 0 aliphatic rings. The second kappa shape index (κ2) is 11.3. The summed E-state index contributed by atoms with van der Waals surface area (Å²) in [5, 5.41) is 16.5. The molecule has 7 aromatic carbocycles. The molecule has 11 aromatic rings. The molecule has 0 saturated carbocycles. The molecular formula is C48H29N5. The van der Waals surface area contributed by atoms with Gasteiger partial charge in [0.25, 0.3) is 0 Å². The second-order valence-corrected chi connectivity index (χ2v) is 13.6. The van der Waals surface area contributed by atoms with E-state index >= 15 is 0 Å². The van der Waals surface area contributed by atoms with Crippen LogP contribution in [0, 0.1) is 11.3 Å². The molecule has 53 heavy (non-hydrogen) atoms. The molecule has 0 radical (unpaired) electrons. The van der Waals surface area contributed by atoms with E-state index in [0.717, 1.165) is 50.1 Å². The van der Waals surface area contributed by atoms with E-state index in [9.17, 15) is 5.26 Å². The Morgan fingerprint density at radius 2 is 0.792 bits per heavy atom. The molecule has 0 aliphatic carbocycles. The Hall–Kier alpha value is -7.42. The zero-order valence-electron chi connectivity index (χ0n) is 28.5. The summed E-state index contributed by atoms with van der Waals surface area (Å²) in [6.07, 6.45) is 1.92. The maximum atomic E-state index is 9.27. The predicted molar refractivity (Wildman–Crippen MR) is 217 cm³/mol. The van der Waals surface area contributed by atoms with Gasteiger partial charge in [-0.15, -0.1) is 0 Å². The van der Waals surface area contributed by atoms with Gasteiger partial charge in [0, 0.05) is 55.5 Å². The standard InChI is InChI=1S/C48H29N5/c49-29-31-17-19-32(20-18-31)33-21-26-48(50-30-33)53-46-24-22-34(51-42-13-5-1-9-36(42)37-10-2-6-14-43(37)51)27-40(46)41-28-35(23-25-47(41)53)52-44-15-7-3-11-38(44)39-12-4-8-16-45(39)52/h1-28,30H. The molecule has 0 N–H and O–H groups in total. The molecular weight excluding hydrogens is 647 g/mol. The van der Waals surface area contributed by atoms with Crippen molar-refractivity contribution in [3.05, 3.63) is 182 Å². The zero-order chi connectivity index (χ0) is 35.0. The minimum atomic E-state index is 0.643. The summed E-state index contributed by atoms with van der Waals surface area (Å²) in [6, 6.07) is 62.3. The highest BCUT2D eigenvalue weighted by Gasteiger charge is 2.19. The van der Waals surface area contributed by atoms with Crippen molar-refractivity contribution in [1.82, 2.24) is 18.7 Å². The third-order valence-electron chi connectivity index (χ3n) is 10.7. The quantitative estimate of drug-likeness (QED) is 0.186. The normalized spacial score (nSPS) is 11.8. The number of hydrogen-bond acceptors (Lipinski definition) is 2. The van der Waals surface area contributed by atoms with Crippen LogP contribution in [0.1, 0.15) is 5.56 Å². The van der Waals surface area contributed by atoms with Gasteiger partial charge in [-0.1, -0.05) is 84.9 Å². The molecule has 0 aliphatic heterocycles. The van der Waals surface area contributed by atoms with Crippen LogP contribution in [0.5, 0.6) is 0 Å². The molecule has 0 spiro atoms. The number of aromatic nitrogens is 4. The summed E-state index contributed by atoms with van der Waals surface area (Å²) >= 11 is 0. The molecule has 0 saturated heterocycles. The number of benzene rings is 7. The van der Waals surface area contributed by atoms with E-state index < -0.39 is 0 Å². The van der Waals surface area contributed by atoms with E-state index in [1.807, 2.05) is 30.5 Å². The molecule has 4 heterocycles. The monoisotopic (exact) mass is 675 g/mol. The molecule has 246 valence electrons. The summed E-state index contributed by atoms with van der Waals surface area (Å²) in [5.74, 6) is 0.844. The van der Waals surface area contributed by atoms with Crippen LogP contribution < -0.4 is 0 Å². The number of nitriles is 1. The van der Waals surface area contributed by atoms with E-state index in [4.69, 9.17) is 4.98 Å². The van der Waals surface area contributed by atoms with Gasteiger partial charge in [-0.2, -0.15) is 5.26 Å². The Bertz CT molecular complexity index is 3000. The molecule has 0 fully saturated rings. The number of nitrogens with zero attached hydrogens (tertiary/aromatic N) is 5. The summed E-state index contributed by atoms with van der Waals surface area (Å²) in [4.78, 5) is 5.04. The Morgan fingerprint density at radius 1 is 0.377 bits per heavy atom. The number of rotatable bonds is 4. The summed E-state index contributed by atoms with van der Waals surface area (Å²) < 4.78 is 7.04. The van der Waals surface area contributed by atoms with Crippen molar-refractivity contribution in [3.63, 3.8) is 0 Å². The van der Waals surface area contributed by atoms with Crippen LogP contribution >= 0.6 is 0 Å². The van der Waals surface area contributed by atoms with Gasteiger partial charge in [-0.05, 0) is 90.5 Å². The van der Waals surface area contributed by atoms with E-state index in [1.165, 1.54) is 43.6 Å². The molecule has 5 nitrogen and oxygen atoms in total. The van der Waals surface area contributed by atoms with E-state index in [1.54, 1.807) is 0 Å². The lowest BCUT2D eigenvalue weighted by Crippen LogP contribution is -1.98. The van der Waals surface area contributed by atoms with E-state index in [-0.39, 0.29) is 0 Å². The van der Waals surface area contributed by atoms with Crippen LogP contribution in [0.2, 0.25) is 0 Å². The van der Waals surface area contributed by atoms with Crippen LogP contribution in [0.4, 0.5) is 0 Å². The first kappa shape index (κ1) is 29.3. The molecule has 0 amide bonds. The fourth-order valence-electron chi connectivity index (χ4n) is 8.35. The van der Waals surface area contributed by atoms with Gasteiger partial charge < -0.3 is 9.13 Å². The molecule has 0 bridgehead atoms. The van der Waals surface area contributed by atoms with Crippen molar-refractivity contribution in [1.29, 1.82) is 5.26 Å². The number of pyridine rings is 1. The highest BCUT2D eigenvalue weighted by molar-refractivity contribution is 6.14. The van der Waals surface area contributed by atoms with E-state index in [0.29, 0.717) is 5.56 Å². The van der Waals surface area contributed by atoms with Crippen LogP contribution in [0.25, 0.3) is 93.7 Å². The zero-order valence-corrected chi connectivity index (χ0v) is 28.5. The largest absolute Gasteiger partial charge is 0.309 e. The maximum absolute atomic E-state index is 9.27. The van der Waals surface area contributed by atoms with Gasteiger partial charge in [0.1, 0.15) is 5.82 Å². The molecule has 5 heteroatoms. The van der Waals surface area contributed by atoms with Crippen molar-refractivity contribution in [3.8, 4) is 34.4 Å². The van der Waals surface area contributed by atoms with Crippen LogP contribution in [-0.4, -0.2) is 18.7 Å². The van der Waals surface area contributed by atoms with Crippen molar-refractivity contribution < 1.29 is 0 Å². The van der Waals surface area contributed by atoms with Crippen molar-refractivity contribution in [2.24, 2.45) is 0 Å². The molecule has 0 unspecified atom stereocenters. The summed E-state index contributed by atoms with van der Waals surface area (Å²) in [7, 11) is 0. The van der Waals surface area contributed by atoms with Crippen molar-refractivity contribution >= 4 is 65.4 Å². The van der Waals surface area contributed by atoms with Crippen LogP contribution in [0.15, 0.2) is 176 Å². The topological polar surface area (TPSA) is 51.5 Å². The highest BCUT2D eigenvalue weighted by atomic mass is 15.1. The maximum Gasteiger partial charge on any atom is 0.137 e. The SMILES string of the molecule is N#Cc1ccc(-c2ccc(-n3c4ccc(-n5c6ccccc6c6ccccc65)cc4c4cc(-n5c6ccccc6c6ccccc65)ccc43)nc2)cc1. The first-order valence-electron chi connectivity index (χ1n) is 17.8. The Balaban J connectivity index is 1.17. The van der Waals surface area contributed by atoms with Crippen molar-refractivity contribution in [2.45, 2.75) is 0 Å². The smallest absolute Gasteiger partial charge is 0.137 e. The van der Waals surface area contributed by atoms with Crippen molar-refractivity contribution in [2.75, 3.05) is 0 Å². The van der Waals surface area contributed by atoms with Crippen LogP contribution in [-0.2, 0) is 0 Å². The average molecular weight is 676 g/mol. The first-order valence-corrected chi connectivity index (χ1v) is 17.8. The average Bonchev–Trinajstić information content (AvgIpc) is 3.86. The van der Waals surface area contributed by atoms with Gasteiger partial charge in [0.2, 0.25) is 0 Å². The minimum absolute atomic E-state index is 0.643. The lowest BCUT2D eigenvalue weighted by atomic mass is 10.1. The van der Waals surface area contributed by atoms with Gasteiger partial charge in [0.05, 0.1) is 44.7 Å². The third-order valence-corrected chi connectivity index (χ3v) is 10.7. The fourth-order valence-corrected chi connectivity index (χ4v) is 8.35. The predicted octanol–water partition coefficient (Wildman–Crippen LogP) is 11.9. The second-order valence-electron chi connectivity index (χ2n) is 13.6. The van der Waals surface area contributed by atoms with Crippen LogP contribution in [0.3, 0.4) is 0 Å². The lowest BCUT2D eigenvalue weighted by molar-refractivity contribution is 1.08. The molecule has 0 atom stereocenters. The molecule has 4 aromatic heterocycles. The lowest BCUT2D eigenvalue weighted by Gasteiger charge is -2.11. The number of hydrogen-bond donors (Lipinski definition) is 0. The molecule has 11 rings (SSSR count). The summed E-state index contributed by atoms with van der Waals surface area (Å²) in [5.41, 5.74) is 11.8. The van der Waals surface area contributed by atoms with Gasteiger partial charge >= 0.3 is 0 Å². The van der Waals surface area contributed by atoms with Gasteiger partial charge in [-0.3, -0.25) is 4.57 Å². The minimum Gasteiger partial charge on any atom is -0.309 e. The van der Waals surface area contributed by atoms with E-state index in [2.05, 4.69) is 165 Å². The Morgan fingerprint density at radius 3 is 1.21 bits per heavy atom. The van der Waals surface area contributed by atoms with Gasteiger partial charge in [-0.25, -0.2) is 4.98 Å². The number of para-hydroxylation sites is 4. The summed E-state index contributed by atoms with van der Waals surface area (Å²) in [6.45, 7) is 0.